The van der Waals surface area contributed by atoms with E-state index in [-0.39, 0.29) is 5.41 Å². The first-order valence-electron chi connectivity index (χ1n) is 5.19. The van der Waals surface area contributed by atoms with Gasteiger partial charge in [-0.25, -0.2) is 8.78 Å². The zero-order chi connectivity index (χ0) is 11.1. The van der Waals surface area contributed by atoms with Gasteiger partial charge < -0.3 is 5.32 Å². The molecule has 1 fully saturated rings. The molecule has 0 aromatic heterocycles. The van der Waals surface area contributed by atoms with Crippen LogP contribution in [0.15, 0.2) is 18.2 Å². The topological polar surface area (TPSA) is 12.0 Å². The van der Waals surface area contributed by atoms with Crippen molar-refractivity contribution in [2.75, 3.05) is 13.6 Å². The standard InChI is InChI=1S/C12H15F2N/c1-8-6-12(8,7-15-2)9-3-10(13)5-11(14)4-9/h3-5,8,15H,6-7H2,1-2H3. The first-order valence-corrected chi connectivity index (χ1v) is 5.19. The van der Waals surface area contributed by atoms with Crippen LogP contribution in [0.3, 0.4) is 0 Å². The summed E-state index contributed by atoms with van der Waals surface area (Å²) in [6, 6.07) is 3.82. The molecule has 3 heteroatoms. The van der Waals surface area contributed by atoms with Gasteiger partial charge in [0.2, 0.25) is 0 Å². The summed E-state index contributed by atoms with van der Waals surface area (Å²) >= 11 is 0. The Morgan fingerprint density at radius 3 is 2.27 bits per heavy atom. The maximum Gasteiger partial charge on any atom is 0.126 e. The van der Waals surface area contributed by atoms with E-state index < -0.39 is 11.6 Å². The monoisotopic (exact) mass is 211 g/mol. The number of benzene rings is 1. The van der Waals surface area contributed by atoms with Crippen LogP contribution in [0.25, 0.3) is 0 Å². The van der Waals surface area contributed by atoms with Crippen molar-refractivity contribution in [3.8, 4) is 0 Å². The molecule has 0 heterocycles. The molecule has 82 valence electrons. The van der Waals surface area contributed by atoms with Gasteiger partial charge in [-0.3, -0.25) is 0 Å². The smallest absolute Gasteiger partial charge is 0.126 e. The lowest BCUT2D eigenvalue weighted by Crippen LogP contribution is -2.25. The van der Waals surface area contributed by atoms with Gasteiger partial charge in [0.05, 0.1) is 0 Å². The van der Waals surface area contributed by atoms with Gasteiger partial charge in [0.25, 0.3) is 0 Å². The second-order valence-electron chi connectivity index (χ2n) is 4.45. The predicted octanol–water partition coefficient (Wildman–Crippen LogP) is 2.46. The molecule has 1 aliphatic carbocycles. The van der Waals surface area contributed by atoms with Crippen molar-refractivity contribution in [3.63, 3.8) is 0 Å². The Balaban J connectivity index is 2.36. The van der Waals surface area contributed by atoms with Crippen LogP contribution >= 0.6 is 0 Å². The van der Waals surface area contributed by atoms with Crippen molar-refractivity contribution in [2.24, 2.45) is 5.92 Å². The van der Waals surface area contributed by atoms with E-state index >= 15 is 0 Å². The van der Waals surface area contributed by atoms with Crippen LogP contribution in [0, 0.1) is 17.6 Å². The Labute approximate surface area is 88.5 Å². The highest BCUT2D eigenvalue weighted by atomic mass is 19.1. The predicted molar refractivity (Wildman–Crippen MR) is 55.7 cm³/mol. The Hall–Kier alpha value is -0.960. The van der Waals surface area contributed by atoms with Gasteiger partial charge in [-0.1, -0.05) is 6.92 Å². The van der Waals surface area contributed by atoms with E-state index in [1.807, 2.05) is 7.05 Å². The summed E-state index contributed by atoms with van der Waals surface area (Å²) in [7, 11) is 1.86. The lowest BCUT2D eigenvalue weighted by atomic mass is 9.93. The van der Waals surface area contributed by atoms with E-state index in [9.17, 15) is 8.78 Å². The molecule has 0 bridgehead atoms. The zero-order valence-corrected chi connectivity index (χ0v) is 8.98. The molecule has 2 unspecified atom stereocenters. The Morgan fingerprint density at radius 1 is 1.33 bits per heavy atom. The molecular formula is C12H15F2N. The molecule has 0 spiro atoms. The largest absolute Gasteiger partial charge is 0.319 e. The van der Waals surface area contributed by atoms with E-state index in [1.54, 1.807) is 0 Å². The van der Waals surface area contributed by atoms with E-state index in [0.717, 1.165) is 24.6 Å². The van der Waals surface area contributed by atoms with Crippen molar-refractivity contribution in [3.05, 3.63) is 35.4 Å². The third-order valence-corrected chi connectivity index (χ3v) is 3.38. The van der Waals surface area contributed by atoms with Crippen LogP contribution in [0.4, 0.5) is 8.78 Å². The van der Waals surface area contributed by atoms with Gasteiger partial charge in [0, 0.05) is 18.0 Å². The fourth-order valence-corrected chi connectivity index (χ4v) is 2.40. The second-order valence-corrected chi connectivity index (χ2v) is 4.45. The lowest BCUT2D eigenvalue weighted by Gasteiger charge is -2.16. The fourth-order valence-electron chi connectivity index (χ4n) is 2.40. The molecule has 1 saturated carbocycles. The first-order chi connectivity index (χ1) is 7.08. The molecule has 1 N–H and O–H groups in total. The molecule has 0 radical (unpaired) electrons. The van der Waals surface area contributed by atoms with Gasteiger partial charge in [-0.05, 0) is 37.1 Å². The van der Waals surface area contributed by atoms with Crippen LogP contribution in [0.5, 0.6) is 0 Å². The average molecular weight is 211 g/mol. The van der Waals surface area contributed by atoms with E-state index in [1.165, 1.54) is 12.1 Å². The summed E-state index contributed by atoms with van der Waals surface area (Å²) in [6.45, 7) is 2.89. The summed E-state index contributed by atoms with van der Waals surface area (Å²) in [5.41, 5.74) is 0.722. The maximum atomic E-state index is 13.1. The molecule has 0 saturated heterocycles. The Bertz CT molecular complexity index is 358. The third kappa shape index (κ3) is 1.76. The van der Waals surface area contributed by atoms with E-state index in [4.69, 9.17) is 0 Å². The quantitative estimate of drug-likeness (QED) is 0.809. The highest BCUT2D eigenvalue weighted by Gasteiger charge is 2.51. The molecule has 1 aromatic rings. The van der Waals surface area contributed by atoms with Crippen molar-refractivity contribution >= 4 is 0 Å². The van der Waals surface area contributed by atoms with Gasteiger partial charge >= 0.3 is 0 Å². The number of hydrogen-bond acceptors (Lipinski definition) is 1. The van der Waals surface area contributed by atoms with Crippen LogP contribution in [0.1, 0.15) is 18.9 Å². The summed E-state index contributed by atoms with van der Waals surface area (Å²) in [6.07, 6.45) is 0.997. The van der Waals surface area contributed by atoms with Crippen molar-refractivity contribution in [1.82, 2.24) is 5.32 Å². The number of likely N-dealkylation sites (N-methyl/N-ethyl adjacent to an activating group) is 1. The summed E-state index contributed by atoms with van der Waals surface area (Å²) in [5, 5.41) is 3.09. The summed E-state index contributed by atoms with van der Waals surface area (Å²) < 4.78 is 26.2. The minimum atomic E-state index is -0.487. The number of rotatable bonds is 3. The molecule has 2 atom stereocenters. The van der Waals surface area contributed by atoms with E-state index in [2.05, 4.69) is 12.2 Å². The molecule has 1 aromatic carbocycles. The number of hydrogen-bond donors (Lipinski definition) is 1. The van der Waals surface area contributed by atoms with Crippen molar-refractivity contribution < 1.29 is 8.78 Å². The van der Waals surface area contributed by atoms with Crippen LogP contribution in [-0.4, -0.2) is 13.6 Å². The molecular weight excluding hydrogens is 196 g/mol. The average Bonchev–Trinajstić information content (AvgIpc) is 2.77. The minimum absolute atomic E-state index is 0.0578. The summed E-state index contributed by atoms with van der Waals surface area (Å²) in [5.74, 6) is -0.481. The number of halogens is 2. The minimum Gasteiger partial charge on any atom is -0.319 e. The fraction of sp³-hybridized carbons (Fsp3) is 0.500. The van der Waals surface area contributed by atoms with Crippen LogP contribution in [-0.2, 0) is 5.41 Å². The Morgan fingerprint density at radius 2 is 1.87 bits per heavy atom. The molecule has 15 heavy (non-hydrogen) atoms. The highest BCUT2D eigenvalue weighted by Crippen LogP contribution is 2.53. The molecule has 2 rings (SSSR count). The zero-order valence-electron chi connectivity index (χ0n) is 8.98. The molecule has 1 aliphatic rings. The highest BCUT2D eigenvalue weighted by molar-refractivity contribution is 5.34. The number of nitrogens with one attached hydrogen (secondary N) is 1. The van der Waals surface area contributed by atoms with Gasteiger partial charge in [0.1, 0.15) is 11.6 Å². The van der Waals surface area contributed by atoms with Crippen molar-refractivity contribution in [1.29, 1.82) is 0 Å². The molecule has 0 aliphatic heterocycles. The molecule has 0 amide bonds. The van der Waals surface area contributed by atoms with Crippen LogP contribution < -0.4 is 5.32 Å². The SMILES string of the molecule is CNCC1(c2cc(F)cc(F)c2)CC1C. The van der Waals surface area contributed by atoms with E-state index in [0.29, 0.717) is 5.92 Å². The molecule has 1 nitrogen and oxygen atoms in total. The third-order valence-electron chi connectivity index (χ3n) is 3.38. The second kappa shape index (κ2) is 3.56. The van der Waals surface area contributed by atoms with Gasteiger partial charge in [-0.15, -0.1) is 0 Å². The lowest BCUT2D eigenvalue weighted by molar-refractivity contribution is 0.547. The Kier molecular flexibility index (Phi) is 2.51. The van der Waals surface area contributed by atoms with Crippen LogP contribution in [0.2, 0.25) is 0 Å². The maximum absolute atomic E-state index is 13.1. The summed E-state index contributed by atoms with van der Waals surface area (Å²) in [4.78, 5) is 0. The van der Waals surface area contributed by atoms with Gasteiger partial charge in [0.15, 0.2) is 0 Å². The normalized spacial score (nSPS) is 29.2. The van der Waals surface area contributed by atoms with Crippen molar-refractivity contribution in [2.45, 2.75) is 18.8 Å². The van der Waals surface area contributed by atoms with Gasteiger partial charge in [-0.2, -0.15) is 0 Å². The first kappa shape index (κ1) is 10.6.